The van der Waals surface area contributed by atoms with E-state index in [0.717, 1.165) is 28.6 Å². The van der Waals surface area contributed by atoms with Crippen molar-refractivity contribution in [1.29, 1.82) is 0 Å². The van der Waals surface area contributed by atoms with Crippen molar-refractivity contribution in [2.24, 2.45) is 0 Å². The van der Waals surface area contributed by atoms with E-state index < -0.39 is 0 Å². The molecule has 128 valence electrons. The Hall–Kier alpha value is -3.02. The van der Waals surface area contributed by atoms with E-state index in [0.29, 0.717) is 13.1 Å². The summed E-state index contributed by atoms with van der Waals surface area (Å²) in [6, 6.07) is 11.2. The number of aryl methyl sites for hydroxylation is 1. The summed E-state index contributed by atoms with van der Waals surface area (Å²) < 4.78 is 5.18. The number of hydrogen-bond acceptors (Lipinski definition) is 3. The van der Waals surface area contributed by atoms with E-state index in [1.165, 1.54) is 11.3 Å². The fourth-order valence-electron chi connectivity index (χ4n) is 3.41. The van der Waals surface area contributed by atoms with E-state index in [1.807, 2.05) is 31.2 Å². The zero-order valence-electron chi connectivity index (χ0n) is 14.0. The predicted octanol–water partition coefficient (Wildman–Crippen LogP) is 2.90. The highest BCUT2D eigenvalue weighted by molar-refractivity contribution is 5.94. The number of carbonyl (C=O) groups excluding carboxylic acids is 2. The van der Waals surface area contributed by atoms with Crippen LogP contribution in [0.3, 0.4) is 0 Å². The second-order valence-electron chi connectivity index (χ2n) is 6.23. The zero-order chi connectivity index (χ0) is 17.4. The van der Waals surface area contributed by atoms with Crippen molar-refractivity contribution < 1.29 is 14.0 Å². The first-order chi connectivity index (χ1) is 12.1. The highest BCUT2D eigenvalue weighted by atomic mass is 16.3. The van der Waals surface area contributed by atoms with Gasteiger partial charge in [-0.3, -0.25) is 14.6 Å². The van der Waals surface area contributed by atoms with Crippen LogP contribution in [0, 0.1) is 6.92 Å². The lowest BCUT2D eigenvalue weighted by Crippen LogP contribution is -2.45. The number of rotatable bonds is 3. The van der Waals surface area contributed by atoms with Crippen molar-refractivity contribution >= 4 is 22.7 Å². The summed E-state index contributed by atoms with van der Waals surface area (Å²) in [6.07, 6.45) is 2.49. The van der Waals surface area contributed by atoms with E-state index in [4.69, 9.17) is 4.42 Å². The van der Waals surface area contributed by atoms with Gasteiger partial charge in [-0.05, 0) is 37.1 Å². The van der Waals surface area contributed by atoms with Gasteiger partial charge < -0.3 is 9.40 Å². The minimum Gasteiger partial charge on any atom is -0.459 e. The number of aromatic amines is 1. The molecule has 3 heterocycles. The van der Waals surface area contributed by atoms with Crippen LogP contribution < -0.4 is 0 Å². The van der Waals surface area contributed by atoms with Crippen LogP contribution >= 0.6 is 0 Å². The first-order valence-corrected chi connectivity index (χ1v) is 8.37. The van der Waals surface area contributed by atoms with Gasteiger partial charge in [0.2, 0.25) is 5.91 Å². The molecular formula is C19H19N3O3. The third-order valence-corrected chi connectivity index (χ3v) is 4.64. The molecule has 1 aliphatic heterocycles. The van der Waals surface area contributed by atoms with Gasteiger partial charge in [0.1, 0.15) is 0 Å². The number of H-pyrrole nitrogens is 1. The molecule has 0 unspecified atom stereocenters. The summed E-state index contributed by atoms with van der Waals surface area (Å²) in [6.45, 7) is 3.04. The molecule has 1 saturated heterocycles. The van der Waals surface area contributed by atoms with E-state index in [9.17, 15) is 9.59 Å². The van der Waals surface area contributed by atoms with Crippen LogP contribution in [0.2, 0.25) is 0 Å². The Balaban J connectivity index is 1.57. The van der Waals surface area contributed by atoms with Crippen LogP contribution in [0.1, 0.15) is 28.2 Å². The maximum atomic E-state index is 12.9. The monoisotopic (exact) mass is 337 g/mol. The van der Waals surface area contributed by atoms with Crippen molar-refractivity contribution in [2.45, 2.75) is 19.8 Å². The van der Waals surface area contributed by atoms with Gasteiger partial charge in [-0.15, -0.1) is 0 Å². The number of nitrogens with one attached hydrogen (secondary N) is 1. The molecule has 0 radical (unpaired) electrons. The quantitative estimate of drug-likeness (QED) is 0.799. The summed E-state index contributed by atoms with van der Waals surface area (Å²) in [5.74, 6) is -0.0975. The lowest BCUT2D eigenvalue weighted by molar-refractivity contribution is -0.139. The normalized spacial score (nSPS) is 14.4. The maximum absolute atomic E-state index is 12.9. The molecule has 1 fully saturated rings. The molecule has 0 atom stereocenters. The lowest BCUT2D eigenvalue weighted by atomic mass is 10.1. The molecule has 4 rings (SSSR count). The van der Waals surface area contributed by atoms with Gasteiger partial charge in [-0.2, -0.15) is 0 Å². The number of para-hydroxylation sites is 1. The Morgan fingerprint density at radius 1 is 1.12 bits per heavy atom. The highest BCUT2D eigenvalue weighted by Crippen LogP contribution is 2.24. The molecule has 0 spiro atoms. The summed E-state index contributed by atoms with van der Waals surface area (Å²) in [7, 11) is 0. The number of furan rings is 1. The summed E-state index contributed by atoms with van der Waals surface area (Å²) in [5.41, 5.74) is 2.99. The summed E-state index contributed by atoms with van der Waals surface area (Å²) in [4.78, 5) is 28.7. The van der Waals surface area contributed by atoms with Gasteiger partial charge >= 0.3 is 5.91 Å². The summed E-state index contributed by atoms with van der Waals surface area (Å²) >= 11 is 0. The number of nitrogens with zero attached hydrogens (tertiary/aromatic N) is 2. The first kappa shape index (κ1) is 15.5. The molecule has 0 bridgehead atoms. The molecule has 6 nitrogen and oxygen atoms in total. The number of aromatic nitrogens is 1. The molecule has 1 N–H and O–H groups in total. The van der Waals surface area contributed by atoms with Crippen molar-refractivity contribution in [3.05, 3.63) is 59.7 Å². The minimum atomic E-state index is -0.272. The number of hydrogen-bond donors (Lipinski definition) is 1. The zero-order valence-corrected chi connectivity index (χ0v) is 14.0. The SMILES string of the molecule is Cc1[nH]c2ccccc2c1CC(=O)N1CCCN1C(=O)c1ccco1. The largest absolute Gasteiger partial charge is 0.459 e. The maximum Gasteiger partial charge on any atom is 0.308 e. The van der Waals surface area contributed by atoms with E-state index in [-0.39, 0.29) is 24.0 Å². The van der Waals surface area contributed by atoms with E-state index >= 15 is 0 Å². The molecule has 1 aromatic carbocycles. The Kier molecular flexibility index (Phi) is 3.80. The second-order valence-corrected chi connectivity index (χ2v) is 6.23. The van der Waals surface area contributed by atoms with E-state index in [2.05, 4.69) is 4.98 Å². The molecule has 2 aromatic heterocycles. The number of fused-ring (bicyclic) bond motifs is 1. The number of amides is 2. The molecule has 1 aliphatic rings. The van der Waals surface area contributed by atoms with Gasteiger partial charge in [-0.1, -0.05) is 18.2 Å². The fourth-order valence-corrected chi connectivity index (χ4v) is 3.41. The number of benzene rings is 1. The van der Waals surface area contributed by atoms with Gasteiger partial charge in [0.05, 0.1) is 12.7 Å². The summed E-state index contributed by atoms with van der Waals surface area (Å²) in [5, 5.41) is 4.09. The van der Waals surface area contributed by atoms with Crippen molar-refractivity contribution in [2.75, 3.05) is 13.1 Å². The number of carbonyl (C=O) groups is 2. The van der Waals surface area contributed by atoms with Crippen LogP contribution in [0.15, 0.2) is 47.1 Å². The second kappa shape index (κ2) is 6.12. The van der Waals surface area contributed by atoms with Crippen molar-refractivity contribution in [3.8, 4) is 0 Å². The molecule has 2 amide bonds. The van der Waals surface area contributed by atoms with Crippen LogP contribution in [-0.4, -0.2) is 39.9 Å². The average molecular weight is 337 g/mol. The molecule has 0 aliphatic carbocycles. The van der Waals surface area contributed by atoms with Gasteiger partial charge in [0.25, 0.3) is 0 Å². The smallest absolute Gasteiger partial charge is 0.308 e. The highest BCUT2D eigenvalue weighted by Gasteiger charge is 2.32. The van der Waals surface area contributed by atoms with Crippen molar-refractivity contribution in [3.63, 3.8) is 0 Å². The Bertz CT molecular complexity index is 927. The first-order valence-electron chi connectivity index (χ1n) is 8.37. The van der Waals surface area contributed by atoms with Crippen molar-refractivity contribution in [1.82, 2.24) is 15.0 Å². The minimum absolute atomic E-state index is 0.0785. The third kappa shape index (κ3) is 2.69. The average Bonchev–Trinajstić information content (AvgIpc) is 3.35. The predicted molar refractivity (Wildman–Crippen MR) is 92.8 cm³/mol. The lowest BCUT2D eigenvalue weighted by Gasteiger charge is -2.27. The van der Waals surface area contributed by atoms with Gasteiger partial charge in [0, 0.05) is 29.7 Å². The standard InChI is InChI=1S/C19H19N3O3/c1-13-15(14-6-2-3-7-16(14)20-13)12-18(23)21-9-5-10-22(21)19(24)17-8-4-11-25-17/h2-4,6-8,11,20H,5,9-10,12H2,1H3. The Morgan fingerprint density at radius 2 is 1.92 bits per heavy atom. The number of hydrazine groups is 1. The molecule has 0 saturated carbocycles. The van der Waals surface area contributed by atoms with Crippen LogP contribution in [-0.2, 0) is 11.2 Å². The molecule has 3 aromatic rings. The molecule has 6 heteroatoms. The van der Waals surface area contributed by atoms with Gasteiger partial charge in [-0.25, -0.2) is 5.01 Å². The molecule has 25 heavy (non-hydrogen) atoms. The topological polar surface area (TPSA) is 69.6 Å². The van der Waals surface area contributed by atoms with Gasteiger partial charge in [0.15, 0.2) is 5.76 Å². The van der Waals surface area contributed by atoms with E-state index in [1.54, 1.807) is 17.1 Å². The fraction of sp³-hybridized carbons (Fsp3) is 0.263. The Labute approximate surface area is 145 Å². The van der Waals surface area contributed by atoms with Crippen LogP contribution in [0.4, 0.5) is 0 Å². The third-order valence-electron chi connectivity index (χ3n) is 4.64. The molecular weight excluding hydrogens is 318 g/mol. The van der Waals surface area contributed by atoms with Crippen LogP contribution in [0.5, 0.6) is 0 Å². The van der Waals surface area contributed by atoms with Crippen LogP contribution in [0.25, 0.3) is 10.9 Å². The Morgan fingerprint density at radius 3 is 2.72 bits per heavy atom.